The van der Waals surface area contributed by atoms with Crippen LogP contribution in [0.25, 0.3) is 11.1 Å². The lowest BCUT2D eigenvalue weighted by Gasteiger charge is -2.20. The van der Waals surface area contributed by atoms with Gasteiger partial charge < -0.3 is 4.74 Å². The Balaban J connectivity index is 2.77. The summed E-state index contributed by atoms with van der Waals surface area (Å²) >= 11 is 0. The number of ether oxygens (including phenoxy) is 1. The van der Waals surface area contributed by atoms with Gasteiger partial charge in [-0.1, -0.05) is 30.3 Å². The van der Waals surface area contributed by atoms with Crippen LogP contribution in [0.1, 0.15) is 11.1 Å². The molecule has 9 heteroatoms. The monoisotopic (exact) mass is 356 g/mol. The molecule has 1 nitrogen and oxygen atoms in total. The summed E-state index contributed by atoms with van der Waals surface area (Å²) in [6, 6.07) is 5.87. The van der Waals surface area contributed by atoms with Gasteiger partial charge in [-0.3, -0.25) is 0 Å². The van der Waals surface area contributed by atoms with Crippen molar-refractivity contribution in [3.63, 3.8) is 0 Å². The van der Waals surface area contributed by atoms with Crippen molar-refractivity contribution in [1.29, 1.82) is 0 Å². The van der Waals surface area contributed by atoms with Crippen molar-refractivity contribution < 1.29 is 39.9 Å². The molecule has 0 saturated carbocycles. The molecule has 0 saturated heterocycles. The summed E-state index contributed by atoms with van der Waals surface area (Å²) in [7, 11) is 0. The zero-order valence-electron chi connectivity index (χ0n) is 11.6. The summed E-state index contributed by atoms with van der Waals surface area (Å²) in [5.74, 6) is -1.24. The van der Waals surface area contributed by atoms with E-state index in [0.29, 0.717) is 12.1 Å². The molecule has 2 rings (SSSR count). The highest BCUT2D eigenvalue weighted by Crippen LogP contribution is 2.46. The van der Waals surface area contributed by atoms with Crippen molar-refractivity contribution in [2.75, 3.05) is 0 Å². The molecule has 0 bridgehead atoms. The Bertz CT molecular complexity index is 718. The van der Waals surface area contributed by atoms with E-state index in [4.69, 9.17) is 0 Å². The van der Waals surface area contributed by atoms with Crippen LogP contribution in [-0.4, -0.2) is 6.61 Å². The average Bonchev–Trinajstić information content (AvgIpc) is 2.44. The third-order valence-corrected chi connectivity index (χ3v) is 3.05. The number of halogens is 8. The summed E-state index contributed by atoms with van der Waals surface area (Å²) in [4.78, 5) is 0. The van der Waals surface area contributed by atoms with Crippen molar-refractivity contribution in [1.82, 2.24) is 0 Å². The van der Waals surface area contributed by atoms with E-state index >= 15 is 0 Å². The minimum Gasteiger partial charge on any atom is -0.434 e. The molecule has 130 valence electrons. The highest BCUT2D eigenvalue weighted by Gasteiger charge is 2.40. The van der Waals surface area contributed by atoms with E-state index in [9.17, 15) is 35.1 Å². The SMILES string of the molecule is FC(F)Oc1cccc(-c2ccccc2C(F)(F)F)c1C(F)(F)F. The Morgan fingerprint density at radius 1 is 0.708 bits per heavy atom. The molecule has 2 aromatic rings. The van der Waals surface area contributed by atoms with Crippen LogP contribution in [0, 0.1) is 0 Å². The number of benzene rings is 2. The van der Waals surface area contributed by atoms with Gasteiger partial charge in [0.25, 0.3) is 0 Å². The van der Waals surface area contributed by atoms with E-state index in [0.717, 1.165) is 30.3 Å². The average molecular weight is 356 g/mol. The number of alkyl halides is 8. The first kappa shape index (κ1) is 18.0. The van der Waals surface area contributed by atoms with E-state index in [1.165, 1.54) is 0 Å². The first-order valence-corrected chi connectivity index (χ1v) is 6.33. The van der Waals surface area contributed by atoms with Gasteiger partial charge in [-0.15, -0.1) is 0 Å². The summed E-state index contributed by atoms with van der Waals surface area (Å²) < 4.78 is 107. The van der Waals surface area contributed by atoms with Crippen LogP contribution >= 0.6 is 0 Å². The maximum Gasteiger partial charge on any atom is 0.420 e. The summed E-state index contributed by atoms with van der Waals surface area (Å²) in [6.45, 7) is -3.56. The van der Waals surface area contributed by atoms with Crippen LogP contribution in [0.5, 0.6) is 5.75 Å². The summed E-state index contributed by atoms with van der Waals surface area (Å²) in [5, 5.41) is 0. The number of hydrogen-bond acceptors (Lipinski definition) is 1. The van der Waals surface area contributed by atoms with Gasteiger partial charge in [0.1, 0.15) is 11.3 Å². The van der Waals surface area contributed by atoms with E-state index in [-0.39, 0.29) is 0 Å². The lowest BCUT2D eigenvalue weighted by Crippen LogP contribution is -2.14. The molecular formula is C15H8F8O. The van der Waals surface area contributed by atoms with Crippen molar-refractivity contribution in [3.8, 4) is 16.9 Å². The zero-order valence-corrected chi connectivity index (χ0v) is 11.6. The Kier molecular flexibility index (Phi) is 4.73. The van der Waals surface area contributed by atoms with E-state index in [1.807, 2.05) is 0 Å². The molecule has 0 aromatic heterocycles. The standard InChI is InChI=1S/C15H8F8O/c16-13(17)24-11-7-3-5-9(12(11)15(21,22)23)8-4-1-2-6-10(8)14(18,19)20/h1-7,13H. The Morgan fingerprint density at radius 3 is 1.83 bits per heavy atom. The topological polar surface area (TPSA) is 9.23 Å². The highest BCUT2D eigenvalue weighted by atomic mass is 19.4. The van der Waals surface area contributed by atoms with Crippen LogP contribution in [0.4, 0.5) is 35.1 Å². The smallest absolute Gasteiger partial charge is 0.420 e. The van der Waals surface area contributed by atoms with Crippen molar-refractivity contribution in [2.24, 2.45) is 0 Å². The van der Waals surface area contributed by atoms with Crippen LogP contribution < -0.4 is 4.74 Å². The van der Waals surface area contributed by atoms with Crippen LogP contribution in [0.2, 0.25) is 0 Å². The van der Waals surface area contributed by atoms with Gasteiger partial charge >= 0.3 is 19.0 Å². The molecule has 0 radical (unpaired) electrons. The second-order valence-electron chi connectivity index (χ2n) is 4.60. The Labute approximate surface area is 130 Å². The molecule has 0 fully saturated rings. The van der Waals surface area contributed by atoms with Gasteiger partial charge in [0.05, 0.1) is 5.56 Å². The molecule has 0 aliphatic carbocycles. The fourth-order valence-corrected chi connectivity index (χ4v) is 2.21. The van der Waals surface area contributed by atoms with Crippen molar-refractivity contribution in [3.05, 3.63) is 53.6 Å². The first-order chi connectivity index (χ1) is 11.0. The highest BCUT2D eigenvalue weighted by molar-refractivity contribution is 5.74. The van der Waals surface area contributed by atoms with E-state index in [1.54, 1.807) is 0 Å². The summed E-state index contributed by atoms with van der Waals surface area (Å²) in [6.07, 6.45) is -10.1. The molecule has 0 unspecified atom stereocenters. The molecule has 0 N–H and O–H groups in total. The van der Waals surface area contributed by atoms with Crippen LogP contribution in [0.15, 0.2) is 42.5 Å². The fourth-order valence-electron chi connectivity index (χ4n) is 2.21. The minimum absolute atomic E-state index is 0.607. The van der Waals surface area contributed by atoms with Gasteiger partial charge in [0.15, 0.2) is 0 Å². The van der Waals surface area contributed by atoms with E-state index < -0.39 is 47.0 Å². The van der Waals surface area contributed by atoms with Gasteiger partial charge in [0, 0.05) is 0 Å². The van der Waals surface area contributed by atoms with E-state index in [2.05, 4.69) is 4.74 Å². The Morgan fingerprint density at radius 2 is 1.29 bits per heavy atom. The number of hydrogen-bond donors (Lipinski definition) is 0. The quantitative estimate of drug-likeness (QED) is 0.614. The maximum atomic E-state index is 13.3. The summed E-state index contributed by atoms with van der Waals surface area (Å²) in [5.41, 5.74) is -4.68. The second-order valence-corrected chi connectivity index (χ2v) is 4.60. The lowest BCUT2D eigenvalue weighted by atomic mass is 9.94. The van der Waals surface area contributed by atoms with Gasteiger partial charge in [-0.25, -0.2) is 0 Å². The van der Waals surface area contributed by atoms with Gasteiger partial charge in [-0.2, -0.15) is 35.1 Å². The molecule has 0 amide bonds. The third kappa shape index (κ3) is 3.77. The van der Waals surface area contributed by atoms with Gasteiger partial charge in [0.2, 0.25) is 0 Å². The molecule has 2 aromatic carbocycles. The zero-order chi connectivity index (χ0) is 18.1. The molecular weight excluding hydrogens is 348 g/mol. The van der Waals surface area contributed by atoms with Crippen LogP contribution in [-0.2, 0) is 12.4 Å². The third-order valence-electron chi connectivity index (χ3n) is 3.05. The predicted molar refractivity (Wildman–Crippen MR) is 68.5 cm³/mol. The molecule has 0 spiro atoms. The largest absolute Gasteiger partial charge is 0.434 e. The Hall–Kier alpha value is -2.32. The molecule has 0 aliphatic rings. The fraction of sp³-hybridized carbons (Fsp3) is 0.200. The first-order valence-electron chi connectivity index (χ1n) is 6.33. The number of rotatable bonds is 3. The second kappa shape index (κ2) is 6.29. The molecule has 24 heavy (non-hydrogen) atoms. The predicted octanol–water partition coefficient (Wildman–Crippen LogP) is 5.99. The molecule has 0 aliphatic heterocycles. The van der Waals surface area contributed by atoms with Crippen molar-refractivity contribution >= 4 is 0 Å². The lowest BCUT2D eigenvalue weighted by molar-refractivity contribution is -0.142. The van der Waals surface area contributed by atoms with Crippen molar-refractivity contribution in [2.45, 2.75) is 19.0 Å². The maximum absolute atomic E-state index is 13.3. The molecule has 0 atom stereocenters. The normalized spacial score (nSPS) is 12.5. The van der Waals surface area contributed by atoms with Gasteiger partial charge in [-0.05, 0) is 23.3 Å². The van der Waals surface area contributed by atoms with Crippen LogP contribution in [0.3, 0.4) is 0 Å². The minimum atomic E-state index is -5.19. The molecule has 0 heterocycles.